The van der Waals surface area contributed by atoms with Crippen molar-refractivity contribution in [3.05, 3.63) is 66.0 Å². The van der Waals surface area contributed by atoms with Crippen LogP contribution < -0.4 is 21.7 Å². The Morgan fingerprint density at radius 2 is 1.71 bits per heavy atom. The van der Waals surface area contributed by atoms with Crippen LogP contribution in [0.25, 0.3) is 0 Å². The molecule has 0 N–H and O–H groups in total. The molecule has 1 nitrogen and oxygen atoms in total. The van der Waals surface area contributed by atoms with Crippen molar-refractivity contribution >= 4 is 23.1 Å². The summed E-state index contributed by atoms with van der Waals surface area (Å²) >= 11 is 0. The maximum Gasteiger partial charge on any atom is 2.00 e. The van der Waals surface area contributed by atoms with Gasteiger partial charge in [0.15, 0.2) is 0 Å². The van der Waals surface area contributed by atoms with Gasteiger partial charge in [0.05, 0.1) is 0 Å². The minimum absolute atomic E-state index is 0. The molecule has 0 heterocycles. The molecule has 0 radical (unpaired) electrons. The molecule has 0 aliphatic heterocycles. The molecular formula is C13H10BrFMgO. The van der Waals surface area contributed by atoms with E-state index in [0.717, 1.165) is 5.75 Å². The van der Waals surface area contributed by atoms with Crippen molar-refractivity contribution in [2.24, 2.45) is 0 Å². The molecule has 17 heavy (non-hydrogen) atoms. The number of hydrogen-bond donors (Lipinski definition) is 0. The first kappa shape index (κ1) is 16.4. The minimum Gasteiger partial charge on any atom is -1.00 e. The molecule has 0 saturated carbocycles. The quantitative estimate of drug-likeness (QED) is 0.565. The Labute approximate surface area is 127 Å². The van der Waals surface area contributed by atoms with Crippen LogP contribution in [0.2, 0.25) is 0 Å². The molecule has 2 rings (SSSR count). The zero-order chi connectivity index (χ0) is 10.5. The second-order valence-corrected chi connectivity index (χ2v) is 3.12. The van der Waals surface area contributed by atoms with Crippen LogP contribution in [0.3, 0.4) is 0 Å². The summed E-state index contributed by atoms with van der Waals surface area (Å²) in [5.41, 5.74) is 0.560. The number of rotatable bonds is 3. The third-order valence-electron chi connectivity index (χ3n) is 2.04. The van der Waals surface area contributed by atoms with Gasteiger partial charge in [0, 0.05) is 11.3 Å². The predicted molar refractivity (Wildman–Crippen MR) is 61.8 cm³/mol. The smallest absolute Gasteiger partial charge is 1.00 e. The minimum atomic E-state index is -0.236. The molecule has 0 spiro atoms. The maximum atomic E-state index is 13.2. The van der Waals surface area contributed by atoms with E-state index in [-0.39, 0.29) is 52.5 Å². The molecule has 2 aromatic carbocycles. The molecule has 0 atom stereocenters. The molecule has 0 aliphatic rings. The maximum absolute atomic E-state index is 13.2. The molecule has 2 aromatic rings. The second-order valence-electron chi connectivity index (χ2n) is 3.12. The summed E-state index contributed by atoms with van der Waals surface area (Å²) in [6.07, 6.45) is 0. The first-order chi connectivity index (χ1) is 7.36. The summed E-state index contributed by atoms with van der Waals surface area (Å²) in [6, 6.07) is 16.6. The number of halogens is 2. The van der Waals surface area contributed by atoms with Crippen LogP contribution in [0.4, 0.5) is 4.39 Å². The molecule has 0 bridgehead atoms. The summed E-state index contributed by atoms with van der Waals surface area (Å²) in [6.45, 7) is 0.247. The average Bonchev–Trinajstić information content (AvgIpc) is 2.29. The zero-order valence-corrected chi connectivity index (χ0v) is 12.2. The summed E-state index contributed by atoms with van der Waals surface area (Å²) in [5.74, 6) is 0.483. The van der Waals surface area contributed by atoms with Gasteiger partial charge in [0.1, 0.15) is 12.4 Å². The zero-order valence-electron chi connectivity index (χ0n) is 9.20. The van der Waals surface area contributed by atoms with Gasteiger partial charge < -0.3 is 21.7 Å². The molecule has 0 amide bonds. The summed E-state index contributed by atoms with van der Waals surface area (Å²) in [5, 5.41) is 0. The van der Waals surface area contributed by atoms with E-state index in [4.69, 9.17) is 4.74 Å². The summed E-state index contributed by atoms with van der Waals surface area (Å²) < 4.78 is 18.6. The van der Waals surface area contributed by atoms with Crippen molar-refractivity contribution in [2.75, 3.05) is 0 Å². The number of benzene rings is 2. The van der Waals surface area contributed by atoms with Gasteiger partial charge in [-0.1, -0.05) is 18.2 Å². The van der Waals surface area contributed by atoms with Crippen LogP contribution in [0.5, 0.6) is 5.75 Å². The van der Waals surface area contributed by atoms with E-state index in [0.29, 0.717) is 5.56 Å². The molecular weight excluding hydrogens is 295 g/mol. The predicted octanol–water partition coefficient (Wildman–Crippen LogP) is -0.172. The van der Waals surface area contributed by atoms with E-state index >= 15 is 0 Å². The molecule has 4 heteroatoms. The Hall–Kier alpha value is -0.584. The van der Waals surface area contributed by atoms with Gasteiger partial charge in [-0.3, -0.25) is 0 Å². The van der Waals surface area contributed by atoms with Gasteiger partial charge in [0.25, 0.3) is 0 Å². The van der Waals surface area contributed by atoms with E-state index in [9.17, 15) is 4.39 Å². The van der Waals surface area contributed by atoms with Crippen LogP contribution in [0, 0.1) is 11.9 Å². The molecule has 0 fully saturated rings. The second kappa shape index (κ2) is 8.50. The van der Waals surface area contributed by atoms with Crippen molar-refractivity contribution in [1.82, 2.24) is 0 Å². The van der Waals surface area contributed by atoms with Crippen molar-refractivity contribution < 1.29 is 26.1 Å². The van der Waals surface area contributed by atoms with Gasteiger partial charge in [-0.05, 0) is 6.07 Å². The van der Waals surface area contributed by atoms with Crippen molar-refractivity contribution in [1.29, 1.82) is 0 Å². The monoisotopic (exact) mass is 304 g/mol. The van der Waals surface area contributed by atoms with E-state index in [1.807, 2.05) is 0 Å². The topological polar surface area (TPSA) is 9.23 Å². The normalized spacial score (nSPS) is 8.76. The van der Waals surface area contributed by atoms with Crippen LogP contribution in [-0.2, 0) is 6.61 Å². The summed E-state index contributed by atoms with van der Waals surface area (Å²) in [4.78, 5) is 0. The van der Waals surface area contributed by atoms with Crippen LogP contribution in [-0.4, -0.2) is 23.1 Å². The van der Waals surface area contributed by atoms with E-state index in [1.165, 1.54) is 6.07 Å². The molecule has 0 saturated heterocycles. The Bertz CT molecular complexity index is 436. The molecule has 0 aromatic heterocycles. The van der Waals surface area contributed by atoms with Gasteiger partial charge in [-0.2, -0.15) is 18.2 Å². The van der Waals surface area contributed by atoms with E-state index in [1.54, 1.807) is 42.5 Å². The van der Waals surface area contributed by atoms with Crippen molar-refractivity contribution in [3.8, 4) is 5.75 Å². The van der Waals surface area contributed by atoms with Crippen LogP contribution in [0.1, 0.15) is 5.56 Å². The number of hydrogen-bond acceptors (Lipinski definition) is 1. The Morgan fingerprint density at radius 1 is 1.06 bits per heavy atom. The first-order valence-corrected chi connectivity index (χ1v) is 4.68. The van der Waals surface area contributed by atoms with E-state index in [2.05, 4.69) is 6.07 Å². The molecule has 0 aliphatic carbocycles. The molecule has 0 unspecified atom stereocenters. The Morgan fingerprint density at radius 3 is 2.35 bits per heavy atom. The summed E-state index contributed by atoms with van der Waals surface area (Å²) in [7, 11) is 0. The Balaban J connectivity index is 0.00000128. The SMILES string of the molecule is Fc1ccccc1COc1cc[c-]cc1.[Br-].[Mg+2]. The fourth-order valence-electron chi connectivity index (χ4n) is 1.24. The standard InChI is InChI=1S/C13H10FO.BrH.Mg/c14-13-9-5-4-6-11(13)10-15-12-7-2-1-3-8-12;;/h2-9H,10H2;1H;/q-1;;+2/p-1. The third-order valence-corrected chi connectivity index (χ3v) is 2.04. The Kier molecular flexibility index (Phi) is 8.21. The van der Waals surface area contributed by atoms with Crippen LogP contribution >= 0.6 is 0 Å². The average molecular weight is 305 g/mol. The van der Waals surface area contributed by atoms with E-state index < -0.39 is 0 Å². The largest absolute Gasteiger partial charge is 2.00 e. The van der Waals surface area contributed by atoms with Crippen LogP contribution in [0.15, 0.2) is 48.5 Å². The number of ether oxygens (including phenoxy) is 1. The van der Waals surface area contributed by atoms with Gasteiger partial charge in [-0.15, -0.1) is 12.1 Å². The van der Waals surface area contributed by atoms with Gasteiger partial charge >= 0.3 is 23.1 Å². The van der Waals surface area contributed by atoms with Crippen molar-refractivity contribution in [3.63, 3.8) is 0 Å². The van der Waals surface area contributed by atoms with Crippen molar-refractivity contribution in [2.45, 2.75) is 6.61 Å². The fraction of sp³-hybridized carbons (Fsp3) is 0.0769. The third kappa shape index (κ3) is 5.06. The molecule has 84 valence electrons. The van der Waals surface area contributed by atoms with Gasteiger partial charge in [0.2, 0.25) is 0 Å². The van der Waals surface area contributed by atoms with Gasteiger partial charge in [-0.25, -0.2) is 4.39 Å². The fourth-order valence-corrected chi connectivity index (χ4v) is 1.24. The first-order valence-electron chi connectivity index (χ1n) is 4.68.